The molecule has 3 rings (SSSR count). The molecule has 0 saturated heterocycles. The summed E-state index contributed by atoms with van der Waals surface area (Å²) in [6.07, 6.45) is -3.14. The van der Waals surface area contributed by atoms with Crippen LogP contribution in [0.4, 0.5) is 23.7 Å². The van der Waals surface area contributed by atoms with Gasteiger partial charge in [0.2, 0.25) is 0 Å². The summed E-state index contributed by atoms with van der Waals surface area (Å²) >= 11 is 0. The predicted molar refractivity (Wildman–Crippen MR) is 102 cm³/mol. The van der Waals surface area contributed by atoms with E-state index in [2.05, 4.69) is 10.6 Å². The number of anilines is 1. The quantitative estimate of drug-likeness (QED) is 0.717. The van der Waals surface area contributed by atoms with Gasteiger partial charge in [0.05, 0.1) is 23.8 Å². The van der Waals surface area contributed by atoms with E-state index < -0.39 is 29.8 Å². The van der Waals surface area contributed by atoms with Crippen molar-refractivity contribution in [2.75, 3.05) is 11.9 Å². The first-order chi connectivity index (χ1) is 13.7. The van der Waals surface area contributed by atoms with Crippen molar-refractivity contribution in [1.29, 1.82) is 0 Å². The molecule has 1 aliphatic rings. The highest BCUT2D eigenvalue weighted by atomic mass is 19.4. The number of amides is 2. The van der Waals surface area contributed by atoms with Gasteiger partial charge in [0.25, 0.3) is 0 Å². The minimum atomic E-state index is -4.55. The van der Waals surface area contributed by atoms with Crippen molar-refractivity contribution in [1.82, 2.24) is 5.32 Å². The molecule has 2 amide bonds. The second kappa shape index (κ2) is 7.98. The molecule has 0 aliphatic heterocycles. The van der Waals surface area contributed by atoms with E-state index in [1.165, 1.54) is 12.1 Å². The van der Waals surface area contributed by atoms with Gasteiger partial charge < -0.3 is 15.4 Å². The van der Waals surface area contributed by atoms with Gasteiger partial charge in [-0.2, -0.15) is 13.2 Å². The van der Waals surface area contributed by atoms with Gasteiger partial charge in [0, 0.05) is 5.69 Å². The monoisotopic (exact) mass is 404 g/mol. The number of alkyl halides is 3. The summed E-state index contributed by atoms with van der Waals surface area (Å²) < 4.78 is 44.4. The largest absolute Gasteiger partial charge is 0.462 e. The molecule has 0 spiro atoms. The van der Waals surface area contributed by atoms with Crippen molar-refractivity contribution < 1.29 is 27.5 Å². The smallest absolute Gasteiger partial charge is 0.416 e. The third-order valence-electron chi connectivity index (χ3n) is 4.43. The van der Waals surface area contributed by atoms with Gasteiger partial charge in [-0.1, -0.05) is 23.8 Å². The number of carbonyl (C=O) groups excluding carboxylic acids is 2. The number of ether oxygens (including phenoxy) is 1. The number of rotatable bonds is 4. The van der Waals surface area contributed by atoms with E-state index in [0.29, 0.717) is 11.3 Å². The van der Waals surface area contributed by atoms with E-state index in [0.717, 1.165) is 17.7 Å². The number of halogens is 3. The van der Waals surface area contributed by atoms with Gasteiger partial charge in [-0.15, -0.1) is 0 Å². The van der Waals surface area contributed by atoms with Gasteiger partial charge in [0.15, 0.2) is 0 Å². The number of urea groups is 1. The molecule has 2 aromatic carbocycles. The van der Waals surface area contributed by atoms with Crippen molar-refractivity contribution >= 4 is 23.3 Å². The fourth-order valence-electron chi connectivity index (χ4n) is 3.04. The number of hydrogen-bond donors (Lipinski definition) is 2. The summed E-state index contributed by atoms with van der Waals surface area (Å²) in [6.45, 7) is 3.66. The lowest BCUT2D eigenvalue weighted by molar-refractivity contribution is -0.137. The number of fused-ring (bicyclic) bond motifs is 1. The molecule has 0 radical (unpaired) electrons. The van der Waals surface area contributed by atoms with Crippen molar-refractivity contribution in [3.8, 4) is 0 Å². The maximum absolute atomic E-state index is 13.1. The SMILES string of the molecule is CCOC(=O)C1=CC(NC(=O)Nc2ccc(C)cc2)c2cc(C(F)(F)F)ccc21. The van der Waals surface area contributed by atoms with Crippen LogP contribution in [-0.4, -0.2) is 18.6 Å². The summed E-state index contributed by atoms with van der Waals surface area (Å²) in [5, 5.41) is 5.23. The molecular formula is C21H19F3N2O3. The lowest BCUT2D eigenvalue weighted by Gasteiger charge is -2.16. The van der Waals surface area contributed by atoms with Gasteiger partial charge >= 0.3 is 18.2 Å². The van der Waals surface area contributed by atoms with Crippen molar-refractivity contribution in [2.24, 2.45) is 0 Å². The van der Waals surface area contributed by atoms with Gasteiger partial charge in [-0.05, 0) is 55.3 Å². The average Bonchev–Trinajstić information content (AvgIpc) is 3.01. The Kier molecular flexibility index (Phi) is 5.63. The second-order valence-corrected chi connectivity index (χ2v) is 6.54. The zero-order chi connectivity index (χ0) is 21.2. The van der Waals surface area contributed by atoms with E-state index >= 15 is 0 Å². The maximum Gasteiger partial charge on any atom is 0.416 e. The second-order valence-electron chi connectivity index (χ2n) is 6.54. The molecule has 1 aliphatic carbocycles. The van der Waals surface area contributed by atoms with Crippen molar-refractivity contribution in [3.63, 3.8) is 0 Å². The van der Waals surface area contributed by atoms with Gasteiger partial charge in [-0.25, -0.2) is 9.59 Å². The first-order valence-electron chi connectivity index (χ1n) is 8.93. The zero-order valence-electron chi connectivity index (χ0n) is 15.8. The van der Waals surface area contributed by atoms with Crippen molar-refractivity contribution in [2.45, 2.75) is 26.1 Å². The lowest BCUT2D eigenvalue weighted by atomic mass is 10.0. The number of benzene rings is 2. The van der Waals surface area contributed by atoms with E-state index in [-0.39, 0.29) is 17.7 Å². The van der Waals surface area contributed by atoms with Gasteiger partial charge in [-0.3, -0.25) is 0 Å². The molecule has 0 heterocycles. The Balaban J connectivity index is 1.88. The average molecular weight is 404 g/mol. The van der Waals surface area contributed by atoms with E-state index in [4.69, 9.17) is 4.74 Å². The van der Waals surface area contributed by atoms with Crippen LogP contribution in [0.1, 0.15) is 35.2 Å². The minimum absolute atomic E-state index is 0.121. The van der Waals surface area contributed by atoms with Crippen LogP contribution >= 0.6 is 0 Å². The molecule has 2 aromatic rings. The van der Waals surface area contributed by atoms with Gasteiger partial charge in [0.1, 0.15) is 0 Å². The minimum Gasteiger partial charge on any atom is -0.462 e. The Morgan fingerprint density at radius 3 is 2.41 bits per heavy atom. The highest BCUT2D eigenvalue weighted by molar-refractivity contribution is 6.18. The summed E-state index contributed by atoms with van der Waals surface area (Å²) in [5.41, 5.74) is 1.29. The number of aryl methyl sites for hydroxylation is 1. The van der Waals surface area contributed by atoms with Crippen LogP contribution in [0.5, 0.6) is 0 Å². The van der Waals surface area contributed by atoms with Crippen LogP contribution < -0.4 is 10.6 Å². The summed E-state index contributed by atoms with van der Waals surface area (Å²) in [7, 11) is 0. The highest BCUT2D eigenvalue weighted by Crippen LogP contribution is 2.39. The van der Waals surface area contributed by atoms with Crippen LogP contribution in [0.25, 0.3) is 5.57 Å². The Labute approximate surface area is 165 Å². The number of hydrogen-bond acceptors (Lipinski definition) is 3. The van der Waals surface area contributed by atoms with Crippen molar-refractivity contribution in [3.05, 3.63) is 70.8 Å². The van der Waals surface area contributed by atoms with Crippen LogP contribution in [0.3, 0.4) is 0 Å². The van der Waals surface area contributed by atoms with E-state index in [1.54, 1.807) is 19.1 Å². The first kappa shape index (κ1) is 20.4. The molecule has 2 N–H and O–H groups in total. The van der Waals surface area contributed by atoms with Crippen LogP contribution in [-0.2, 0) is 15.7 Å². The number of carbonyl (C=O) groups is 2. The molecule has 152 valence electrons. The summed E-state index contributed by atoms with van der Waals surface area (Å²) in [6, 6.07) is 8.60. The molecular weight excluding hydrogens is 385 g/mol. The fraction of sp³-hybridized carbons (Fsp3) is 0.238. The first-order valence-corrected chi connectivity index (χ1v) is 8.93. The van der Waals surface area contributed by atoms with Crippen LogP contribution in [0.15, 0.2) is 48.5 Å². The van der Waals surface area contributed by atoms with Crippen LogP contribution in [0, 0.1) is 6.92 Å². The summed E-state index contributed by atoms with van der Waals surface area (Å²) in [4.78, 5) is 24.6. The fourth-order valence-corrected chi connectivity index (χ4v) is 3.04. The Hall–Kier alpha value is -3.29. The molecule has 1 atom stereocenters. The third kappa shape index (κ3) is 4.59. The molecule has 0 fully saturated rings. The summed E-state index contributed by atoms with van der Waals surface area (Å²) in [5.74, 6) is -0.656. The molecule has 0 aromatic heterocycles. The lowest BCUT2D eigenvalue weighted by Crippen LogP contribution is -2.31. The molecule has 8 heteroatoms. The van der Waals surface area contributed by atoms with E-state index in [9.17, 15) is 22.8 Å². The van der Waals surface area contributed by atoms with E-state index in [1.807, 2.05) is 19.1 Å². The standard InChI is InChI=1S/C21H19F3N2O3/c1-3-29-19(27)17-11-18(16-10-13(21(22,23)24)6-9-15(16)17)26-20(28)25-14-7-4-12(2)5-8-14/h4-11,18H,3H2,1-2H3,(H2,25,26,28). The molecule has 1 unspecified atom stereocenters. The zero-order valence-corrected chi connectivity index (χ0v) is 15.8. The molecule has 29 heavy (non-hydrogen) atoms. The Morgan fingerprint density at radius 2 is 1.79 bits per heavy atom. The normalized spacial score (nSPS) is 15.3. The Bertz CT molecular complexity index is 966. The molecule has 0 bridgehead atoms. The Morgan fingerprint density at radius 1 is 1.10 bits per heavy atom. The van der Waals surface area contributed by atoms with Crippen LogP contribution in [0.2, 0.25) is 0 Å². The number of esters is 1. The molecule has 0 saturated carbocycles. The maximum atomic E-state index is 13.1. The highest BCUT2D eigenvalue weighted by Gasteiger charge is 2.35. The predicted octanol–water partition coefficient (Wildman–Crippen LogP) is 4.84. The number of nitrogens with one attached hydrogen (secondary N) is 2. The topological polar surface area (TPSA) is 67.4 Å². The molecule has 5 nitrogen and oxygen atoms in total. The third-order valence-corrected chi connectivity index (χ3v) is 4.43.